The summed E-state index contributed by atoms with van der Waals surface area (Å²) in [5.41, 5.74) is 2.28. The van der Waals surface area contributed by atoms with Crippen LogP contribution in [-0.2, 0) is 4.74 Å². The van der Waals surface area contributed by atoms with Crippen molar-refractivity contribution in [1.82, 2.24) is 0 Å². The molecule has 2 atom stereocenters. The predicted octanol–water partition coefficient (Wildman–Crippen LogP) is 2.84. The van der Waals surface area contributed by atoms with E-state index in [4.69, 9.17) is 9.47 Å². The third-order valence-electron chi connectivity index (χ3n) is 3.41. The molecule has 0 bridgehead atoms. The summed E-state index contributed by atoms with van der Waals surface area (Å²) in [5.74, 6) is 1.51. The zero-order chi connectivity index (χ0) is 12.3. The molecule has 1 fully saturated rings. The van der Waals surface area contributed by atoms with Crippen LogP contribution in [0.1, 0.15) is 18.9 Å². The molecule has 1 aromatic carbocycles. The molecule has 1 saturated heterocycles. The van der Waals surface area contributed by atoms with Gasteiger partial charge in [-0.2, -0.15) is 0 Å². The number of anilines is 1. The summed E-state index contributed by atoms with van der Waals surface area (Å²) < 4.78 is 10.8. The molecule has 0 radical (unpaired) electrons. The Morgan fingerprint density at radius 2 is 2.29 bits per heavy atom. The molecule has 2 unspecified atom stereocenters. The van der Waals surface area contributed by atoms with Gasteiger partial charge < -0.3 is 14.8 Å². The molecule has 0 spiro atoms. The van der Waals surface area contributed by atoms with Gasteiger partial charge in [0.1, 0.15) is 5.75 Å². The van der Waals surface area contributed by atoms with Crippen LogP contribution in [0.5, 0.6) is 5.75 Å². The number of hydrogen-bond acceptors (Lipinski definition) is 3. The van der Waals surface area contributed by atoms with E-state index in [1.807, 2.05) is 0 Å². The summed E-state index contributed by atoms with van der Waals surface area (Å²) in [4.78, 5) is 0. The molecule has 1 aliphatic rings. The highest BCUT2D eigenvalue weighted by molar-refractivity contribution is 5.58. The molecule has 0 aromatic heterocycles. The lowest BCUT2D eigenvalue weighted by atomic mass is 10.0. The maximum Gasteiger partial charge on any atom is 0.142 e. The number of benzene rings is 1. The van der Waals surface area contributed by atoms with Gasteiger partial charge in [0.2, 0.25) is 0 Å². The number of nitrogens with one attached hydrogen (secondary N) is 1. The van der Waals surface area contributed by atoms with Crippen molar-refractivity contribution in [1.29, 1.82) is 0 Å². The molecule has 1 aromatic rings. The molecular weight excluding hydrogens is 214 g/mol. The molecular formula is C14H21NO2. The minimum absolute atomic E-state index is 0.411. The molecule has 3 nitrogen and oxygen atoms in total. The Labute approximate surface area is 103 Å². The summed E-state index contributed by atoms with van der Waals surface area (Å²) in [5, 5.41) is 3.53. The number of hydrogen-bond donors (Lipinski definition) is 1. The van der Waals surface area contributed by atoms with Crippen molar-refractivity contribution in [2.75, 3.05) is 25.6 Å². The molecule has 1 N–H and O–H groups in total. The largest absolute Gasteiger partial charge is 0.495 e. The van der Waals surface area contributed by atoms with Crippen molar-refractivity contribution in [3.8, 4) is 5.75 Å². The molecule has 17 heavy (non-hydrogen) atoms. The molecule has 94 valence electrons. The lowest BCUT2D eigenvalue weighted by molar-refractivity contribution is 0.183. The fourth-order valence-electron chi connectivity index (χ4n) is 2.23. The van der Waals surface area contributed by atoms with Crippen LogP contribution in [0.15, 0.2) is 18.2 Å². The smallest absolute Gasteiger partial charge is 0.142 e. The first-order chi connectivity index (χ1) is 8.20. The summed E-state index contributed by atoms with van der Waals surface area (Å²) in [6.07, 6.45) is 1.14. The van der Waals surface area contributed by atoms with Gasteiger partial charge in [-0.1, -0.05) is 6.07 Å². The fraction of sp³-hybridized carbons (Fsp3) is 0.571. The standard InChI is InChI=1S/C14H21NO2/c1-10-4-5-13(14(8-10)16-3)15-11(2)12-6-7-17-9-12/h4-5,8,11-12,15H,6-7,9H2,1-3H3. The van der Waals surface area contributed by atoms with Crippen LogP contribution in [0.3, 0.4) is 0 Å². The van der Waals surface area contributed by atoms with Gasteiger partial charge in [-0.05, 0) is 38.0 Å². The Morgan fingerprint density at radius 1 is 1.47 bits per heavy atom. The summed E-state index contributed by atoms with van der Waals surface area (Å²) in [6, 6.07) is 6.65. The number of methoxy groups -OCH3 is 1. The van der Waals surface area contributed by atoms with Crippen molar-refractivity contribution < 1.29 is 9.47 Å². The van der Waals surface area contributed by atoms with Gasteiger partial charge in [0.05, 0.1) is 19.4 Å². The molecule has 1 aliphatic heterocycles. The van der Waals surface area contributed by atoms with Gasteiger partial charge in [0.25, 0.3) is 0 Å². The number of ether oxygens (including phenoxy) is 2. The lowest BCUT2D eigenvalue weighted by Gasteiger charge is -2.22. The number of rotatable bonds is 4. The predicted molar refractivity (Wildman–Crippen MR) is 69.7 cm³/mol. The first-order valence-electron chi connectivity index (χ1n) is 6.19. The first kappa shape index (κ1) is 12.2. The first-order valence-corrected chi connectivity index (χ1v) is 6.19. The van der Waals surface area contributed by atoms with Crippen molar-refractivity contribution in [2.24, 2.45) is 5.92 Å². The topological polar surface area (TPSA) is 30.5 Å². The van der Waals surface area contributed by atoms with Crippen LogP contribution >= 0.6 is 0 Å². The van der Waals surface area contributed by atoms with Crippen LogP contribution in [-0.4, -0.2) is 26.4 Å². The Hall–Kier alpha value is -1.22. The Kier molecular flexibility index (Phi) is 3.89. The van der Waals surface area contributed by atoms with Crippen LogP contribution in [0, 0.1) is 12.8 Å². The second-order valence-electron chi connectivity index (χ2n) is 4.76. The lowest BCUT2D eigenvalue weighted by Crippen LogP contribution is -2.26. The summed E-state index contributed by atoms with van der Waals surface area (Å²) >= 11 is 0. The van der Waals surface area contributed by atoms with E-state index >= 15 is 0 Å². The molecule has 0 saturated carbocycles. The van der Waals surface area contributed by atoms with E-state index in [0.29, 0.717) is 12.0 Å². The number of aryl methyl sites for hydroxylation is 1. The highest BCUT2D eigenvalue weighted by atomic mass is 16.5. The maximum atomic E-state index is 5.42. The average Bonchev–Trinajstić information content (AvgIpc) is 2.85. The second-order valence-corrected chi connectivity index (χ2v) is 4.76. The average molecular weight is 235 g/mol. The van der Waals surface area contributed by atoms with E-state index in [9.17, 15) is 0 Å². The highest BCUT2D eigenvalue weighted by Gasteiger charge is 2.22. The van der Waals surface area contributed by atoms with Crippen LogP contribution in [0.25, 0.3) is 0 Å². The van der Waals surface area contributed by atoms with Crippen LogP contribution in [0.4, 0.5) is 5.69 Å². The van der Waals surface area contributed by atoms with Crippen LogP contribution < -0.4 is 10.1 Å². The monoisotopic (exact) mass is 235 g/mol. The van der Waals surface area contributed by atoms with Crippen molar-refractivity contribution in [3.05, 3.63) is 23.8 Å². The quantitative estimate of drug-likeness (QED) is 0.870. The molecule has 2 rings (SSSR count). The SMILES string of the molecule is COc1cc(C)ccc1NC(C)C1CCOC1. The Bertz CT molecular complexity index is 372. The third kappa shape index (κ3) is 2.91. The van der Waals surface area contributed by atoms with Gasteiger partial charge in [-0.25, -0.2) is 0 Å². The second kappa shape index (κ2) is 5.41. The normalized spacial score (nSPS) is 21.2. The Balaban J connectivity index is 2.06. The van der Waals surface area contributed by atoms with Gasteiger partial charge >= 0.3 is 0 Å². The Morgan fingerprint density at radius 3 is 2.94 bits per heavy atom. The van der Waals surface area contributed by atoms with Gasteiger partial charge in [-0.15, -0.1) is 0 Å². The minimum Gasteiger partial charge on any atom is -0.495 e. The van der Waals surface area contributed by atoms with Gasteiger partial charge in [-0.3, -0.25) is 0 Å². The fourth-order valence-corrected chi connectivity index (χ4v) is 2.23. The van der Waals surface area contributed by atoms with E-state index < -0.39 is 0 Å². The zero-order valence-electron chi connectivity index (χ0n) is 10.8. The van der Waals surface area contributed by atoms with E-state index in [-0.39, 0.29) is 0 Å². The maximum absolute atomic E-state index is 5.42. The van der Waals surface area contributed by atoms with E-state index in [1.54, 1.807) is 7.11 Å². The van der Waals surface area contributed by atoms with Gasteiger partial charge in [0.15, 0.2) is 0 Å². The zero-order valence-corrected chi connectivity index (χ0v) is 10.8. The van der Waals surface area contributed by atoms with Gasteiger partial charge in [0, 0.05) is 18.6 Å². The third-order valence-corrected chi connectivity index (χ3v) is 3.41. The van der Waals surface area contributed by atoms with Crippen LogP contribution in [0.2, 0.25) is 0 Å². The molecule has 3 heteroatoms. The summed E-state index contributed by atoms with van der Waals surface area (Å²) in [6.45, 7) is 6.03. The molecule has 0 amide bonds. The van der Waals surface area contributed by atoms with Crippen molar-refractivity contribution in [2.45, 2.75) is 26.3 Å². The molecule has 0 aliphatic carbocycles. The van der Waals surface area contributed by atoms with E-state index in [2.05, 4.69) is 37.4 Å². The van der Waals surface area contributed by atoms with E-state index in [0.717, 1.165) is 31.1 Å². The van der Waals surface area contributed by atoms with E-state index in [1.165, 1.54) is 5.56 Å². The van der Waals surface area contributed by atoms with Crippen molar-refractivity contribution >= 4 is 5.69 Å². The van der Waals surface area contributed by atoms with Crippen molar-refractivity contribution in [3.63, 3.8) is 0 Å². The summed E-state index contributed by atoms with van der Waals surface area (Å²) in [7, 11) is 1.71. The molecule has 1 heterocycles. The highest BCUT2D eigenvalue weighted by Crippen LogP contribution is 2.28. The minimum atomic E-state index is 0.411.